The number of rotatable bonds is 5. The van der Waals surface area contributed by atoms with Crippen LogP contribution in [0.1, 0.15) is 12.0 Å². The molecule has 0 saturated carbocycles. The van der Waals surface area contributed by atoms with Crippen LogP contribution in [0.5, 0.6) is 0 Å². The number of anilines is 1. The predicted molar refractivity (Wildman–Crippen MR) is 89.3 cm³/mol. The Morgan fingerprint density at radius 3 is 2.77 bits per heavy atom. The first-order chi connectivity index (χ1) is 10.7. The quantitative estimate of drug-likeness (QED) is 0.890. The number of carbonyl (C=O) groups is 1. The summed E-state index contributed by atoms with van der Waals surface area (Å²) in [5.74, 6) is -1.02. The van der Waals surface area contributed by atoms with Crippen molar-refractivity contribution in [3.63, 3.8) is 0 Å². The molecule has 0 radical (unpaired) electrons. The Morgan fingerprint density at radius 2 is 2.09 bits per heavy atom. The van der Waals surface area contributed by atoms with E-state index in [0.29, 0.717) is 13.0 Å². The third-order valence-corrected chi connectivity index (χ3v) is 4.78. The Labute approximate surface area is 134 Å². The summed E-state index contributed by atoms with van der Waals surface area (Å²) in [5.41, 5.74) is 2.35. The molecule has 2 N–H and O–H groups in total. The molecule has 1 aliphatic heterocycles. The number of nitrogens with one attached hydrogen (secondary N) is 1. The van der Waals surface area contributed by atoms with Crippen LogP contribution in [0.25, 0.3) is 0 Å². The van der Waals surface area contributed by atoms with Crippen molar-refractivity contribution < 1.29 is 9.90 Å². The lowest BCUT2D eigenvalue weighted by atomic mass is 9.94. The molecule has 5 heteroatoms. The number of nitrogens with zero attached hydrogens (tertiary/aromatic N) is 1. The number of benzene rings is 1. The molecular formula is C17H20N2O2S. The maximum absolute atomic E-state index is 11.4. The Kier molecular flexibility index (Phi) is 4.75. The van der Waals surface area contributed by atoms with Crippen molar-refractivity contribution in [2.75, 3.05) is 18.0 Å². The maximum atomic E-state index is 11.4. The van der Waals surface area contributed by atoms with Gasteiger partial charge in [0.05, 0.1) is 5.92 Å². The zero-order chi connectivity index (χ0) is 15.4. The number of hydrogen-bond acceptors (Lipinski definition) is 4. The van der Waals surface area contributed by atoms with Gasteiger partial charge in [0, 0.05) is 36.7 Å². The third kappa shape index (κ3) is 3.67. The van der Waals surface area contributed by atoms with E-state index in [-0.39, 0.29) is 12.0 Å². The second kappa shape index (κ2) is 6.94. The highest BCUT2D eigenvalue weighted by molar-refractivity contribution is 7.08. The minimum absolute atomic E-state index is 0.190. The Bertz CT molecular complexity index is 600. The van der Waals surface area contributed by atoms with Gasteiger partial charge in [-0.05, 0) is 23.4 Å². The topological polar surface area (TPSA) is 52.6 Å². The van der Waals surface area contributed by atoms with Gasteiger partial charge in [0.1, 0.15) is 0 Å². The summed E-state index contributed by atoms with van der Waals surface area (Å²) < 4.78 is 0. The summed E-state index contributed by atoms with van der Waals surface area (Å²) in [5, 5.41) is 17.0. The third-order valence-electron chi connectivity index (χ3n) is 4.11. The van der Waals surface area contributed by atoms with E-state index < -0.39 is 5.97 Å². The maximum Gasteiger partial charge on any atom is 0.308 e. The van der Waals surface area contributed by atoms with Gasteiger partial charge in [0.15, 0.2) is 0 Å². The first-order valence-electron chi connectivity index (χ1n) is 7.49. The molecule has 0 aliphatic carbocycles. The smallest absolute Gasteiger partial charge is 0.308 e. The highest BCUT2D eigenvalue weighted by Gasteiger charge is 2.31. The minimum atomic E-state index is -0.702. The summed E-state index contributed by atoms with van der Waals surface area (Å²) in [4.78, 5) is 13.6. The van der Waals surface area contributed by atoms with E-state index >= 15 is 0 Å². The van der Waals surface area contributed by atoms with Gasteiger partial charge in [-0.3, -0.25) is 4.79 Å². The molecule has 0 bridgehead atoms. The SMILES string of the molecule is O=C(O)C1CC(NCc2ccccc2)CN(c2ccsc2)C1. The molecule has 22 heavy (non-hydrogen) atoms. The van der Waals surface area contributed by atoms with Gasteiger partial charge in [0.2, 0.25) is 0 Å². The van der Waals surface area contributed by atoms with E-state index in [4.69, 9.17) is 0 Å². The van der Waals surface area contributed by atoms with Gasteiger partial charge in [-0.1, -0.05) is 30.3 Å². The van der Waals surface area contributed by atoms with Crippen LogP contribution in [-0.4, -0.2) is 30.2 Å². The monoisotopic (exact) mass is 316 g/mol. The van der Waals surface area contributed by atoms with E-state index in [9.17, 15) is 9.90 Å². The zero-order valence-corrected chi connectivity index (χ0v) is 13.1. The van der Waals surface area contributed by atoms with Gasteiger partial charge in [-0.2, -0.15) is 11.3 Å². The van der Waals surface area contributed by atoms with E-state index in [0.717, 1.165) is 18.8 Å². The van der Waals surface area contributed by atoms with Crippen LogP contribution < -0.4 is 10.2 Å². The molecule has 2 atom stereocenters. The fraction of sp³-hybridized carbons (Fsp3) is 0.353. The van der Waals surface area contributed by atoms with Crippen molar-refractivity contribution in [1.29, 1.82) is 0 Å². The van der Waals surface area contributed by atoms with Gasteiger partial charge >= 0.3 is 5.97 Å². The Hall–Kier alpha value is -1.85. The van der Waals surface area contributed by atoms with Crippen LogP contribution in [0.4, 0.5) is 5.69 Å². The molecule has 1 aliphatic rings. The number of piperidine rings is 1. The van der Waals surface area contributed by atoms with Gasteiger partial charge in [-0.25, -0.2) is 0 Å². The van der Waals surface area contributed by atoms with Crippen LogP contribution in [0.2, 0.25) is 0 Å². The fourth-order valence-corrected chi connectivity index (χ4v) is 3.60. The lowest BCUT2D eigenvalue weighted by Gasteiger charge is -2.37. The number of thiophene rings is 1. The summed E-state index contributed by atoms with van der Waals surface area (Å²) >= 11 is 1.64. The molecule has 1 aromatic carbocycles. The van der Waals surface area contributed by atoms with Crippen LogP contribution in [0.15, 0.2) is 47.2 Å². The largest absolute Gasteiger partial charge is 0.481 e. The molecule has 116 valence electrons. The summed E-state index contributed by atoms with van der Waals surface area (Å²) in [6.07, 6.45) is 0.683. The van der Waals surface area contributed by atoms with E-state index in [1.807, 2.05) is 23.6 Å². The number of carboxylic acids is 1. The van der Waals surface area contributed by atoms with Crippen molar-refractivity contribution in [2.24, 2.45) is 5.92 Å². The van der Waals surface area contributed by atoms with E-state index in [1.54, 1.807) is 11.3 Å². The van der Waals surface area contributed by atoms with Crippen LogP contribution in [-0.2, 0) is 11.3 Å². The van der Waals surface area contributed by atoms with Crippen molar-refractivity contribution in [3.8, 4) is 0 Å². The molecule has 2 aromatic rings. The predicted octanol–water partition coefficient (Wildman–Crippen LogP) is 2.82. The van der Waals surface area contributed by atoms with Crippen LogP contribution in [0.3, 0.4) is 0 Å². The number of carboxylic acid groups (broad SMARTS) is 1. The summed E-state index contributed by atoms with van der Waals surface area (Å²) in [6.45, 7) is 2.22. The van der Waals surface area contributed by atoms with Crippen molar-refractivity contribution in [2.45, 2.75) is 19.0 Å². The molecule has 3 rings (SSSR count). The number of aliphatic carboxylic acids is 1. The molecule has 1 fully saturated rings. The highest BCUT2D eigenvalue weighted by atomic mass is 32.1. The molecular weight excluding hydrogens is 296 g/mol. The van der Waals surface area contributed by atoms with Crippen molar-refractivity contribution >= 4 is 23.0 Å². The second-order valence-corrected chi connectivity index (χ2v) is 6.50. The number of hydrogen-bond donors (Lipinski definition) is 2. The molecule has 2 unspecified atom stereocenters. The van der Waals surface area contributed by atoms with Crippen molar-refractivity contribution in [3.05, 3.63) is 52.7 Å². The standard InChI is InChI=1S/C17H20N2O2S/c20-17(21)14-8-15(18-9-13-4-2-1-3-5-13)11-19(10-14)16-6-7-22-12-16/h1-7,12,14-15,18H,8-11H2,(H,20,21). The van der Waals surface area contributed by atoms with Crippen LogP contribution >= 0.6 is 11.3 Å². The lowest BCUT2D eigenvalue weighted by Crippen LogP contribution is -2.50. The summed E-state index contributed by atoms with van der Waals surface area (Å²) in [6, 6.07) is 12.5. The summed E-state index contributed by atoms with van der Waals surface area (Å²) in [7, 11) is 0. The van der Waals surface area contributed by atoms with Crippen LogP contribution in [0, 0.1) is 5.92 Å². The first kappa shape index (κ1) is 15.1. The highest BCUT2D eigenvalue weighted by Crippen LogP contribution is 2.25. The Balaban J connectivity index is 1.66. The molecule has 2 heterocycles. The average Bonchev–Trinajstić information content (AvgIpc) is 3.08. The molecule has 0 amide bonds. The van der Waals surface area contributed by atoms with E-state index in [1.165, 1.54) is 5.56 Å². The molecule has 4 nitrogen and oxygen atoms in total. The van der Waals surface area contributed by atoms with Gasteiger partial charge in [-0.15, -0.1) is 0 Å². The molecule has 1 saturated heterocycles. The fourth-order valence-electron chi connectivity index (χ4n) is 2.93. The normalized spacial score (nSPS) is 21.7. The lowest BCUT2D eigenvalue weighted by molar-refractivity contribution is -0.142. The minimum Gasteiger partial charge on any atom is -0.481 e. The zero-order valence-electron chi connectivity index (χ0n) is 12.3. The van der Waals surface area contributed by atoms with Crippen molar-refractivity contribution in [1.82, 2.24) is 5.32 Å². The first-order valence-corrected chi connectivity index (χ1v) is 8.44. The van der Waals surface area contributed by atoms with E-state index in [2.05, 4.69) is 33.8 Å². The van der Waals surface area contributed by atoms with Gasteiger partial charge < -0.3 is 15.3 Å². The second-order valence-electron chi connectivity index (χ2n) is 5.72. The Morgan fingerprint density at radius 1 is 1.27 bits per heavy atom. The van der Waals surface area contributed by atoms with Gasteiger partial charge in [0.25, 0.3) is 0 Å². The average molecular weight is 316 g/mol. The molecule has 0 spiro atoms. The molecule has 1 aromatic heterocycles.